The summed E-state index contributed by atoms with van der Waals surface area (Å²) in [5, 5.41) is 3.22. The minimum absolute atomic E-state index is 0.532. The van der Waals surface area contributed by atoms with Crippen molar-refractivity contribution >= 4 is 22.7 Å². The molecule has 0 amide bonds. The minimum atomic E-state index is 0.532. The van der Waals surface area contributed by atoms with E-state index < -0.39 is 0 Å². The summed E-state index contributed by atoms with van der Waals surface area (Å²) in [6.45, 7) is 1.10. The van der Waals surface area contributed by atoms with Gasteiger partial charge in [-0.1, -0.05) is 0 Å². The first-order valence-corrected chi connectivity index (χ1v) is 6.50. The molecule has 0 spiro atoms. The molecule has 1 aromatic carbocycles. The summed E-state index contributed by atoms with van der Waals surface area (Å²) in [5.41, 5.74) is 2.31. The third kappa shape index (κ3) is 3.09. The van der Waals surface area contributed by atoms with Crippen molar-refractivity contribution in [3.8, 4) is 5.75 Å². The van der Waals surface area contributed by atoms with Crippen LogP contribution >= 0.6 is 0 Å². The van der Waals surface area contributed by atoms with Crippen LogP contribution in [-0.4, -0.2) is 40.3 Å². The number of ether oxygens (including phenoxy) is 2. The average Bonchev–Trinajstić information content (AvgIpc) is 2.99. The third-order valence-corrected chi connectivity index (χ3v) is 2.90. The Morgan fingerprint density at radius 2 is 1.95 bits per heavy atom. The quantitative estimate of drug-likeness (QED) is 0.675. The molecule has 2 aromatic heterocycles. The number of rotatable bonds is 6. The van der Waals surface area contributed by atoms with Gasteiger partial charge in [-0.15, -0.1) is 0 Å². The standard InChI is InChI=1S/C14H15N5O2/c1-20-6-7-21-11-4-2-10(3-5-11)19-14-12-13(16-8-15-12)17-9-18-14/h2-5,8-9H,6-7H2,1H3,(H2,15,16,17,18,19). The van der Waals surface area contributed by atoms with Crippen molar-refractivity contribution in [3.05, 3.63) is 36.9 Å². The van der Waals surface area contributed by atoms with Crippen LogP contribution in [0.25, 0.3) is 11.2 Å². The maximum Gasteiger partial charge on any atom is 0.182 e. The molecule has 0 aliphatic carbocycles. The van der Waals surface area contributed by atoms with Gasteiger partial charge in [0.1, 0.15) is 24.2 Å². The highest BCUT2D eigenvalue weighted by Gasteiger charge is 2.05. The normalized spacial score (nSPS) is 10.7. The van der Waals surface area contributed by atoms with Crippen LogP contribution in [-0.2, 0) is 4.74 Å². The van der Waals surface area contributed by atoms with Gasteiger partial charge < -0.3 is 19.8 Å². The predicted molar refractivity (Wildman–Crippen MR) is 78.8 cm³/mol. The van der Waals surface area contributed by atoms with E-state index in [-0.39, 0.29) is 0 Å². The molecule has 0 saturated heterocycles. The highest BCUT2D eigenvalue weighted by molar-refractivity contribution is 5.84. The maximum atomic E-state index is 5.51. The molecule has 0 aliphatic rings. The molecule has 0 unspecified atom stereocenters. The fourth-order valence-corrected chi connectivity index (χ4v) is 1.87. The van der Waals surface area contributed by atoms with Crippen molar-refractivity contribution in [2.75, 3.05) is 25.6 Å². The molecule has 0 fully saturated rings. The van der Waals surface area contributed by atoms with Gasteiger partial charge in [0.2, 0.25) is 0 Å². The molecule has 7 heteroatoms. The number of benzene rings is 1. The Labute approximate surface area is 121 Å². The summed E-state index contributed by atoms with van der Waals surface area (Å²) >= 11 is 0. The van der Waals surface area contributed by atoms with Gasteiger partial charge in [0.25, 0.3) is 0 Å². The SMILES string of the molecule is COCCOc1ccc(Nc2ncnc3nc[nH]c23)cc1. The second-order valence-electron chi connectivity index (χ2n) is 4.31. The number of imidazole rings is 1. The zero-order valence-corrected chi connectivity index (χ0v) is 11.5. The second-order valence-corrected chi connectivity index (χ2v) is 4.31. The lowest BCUT2D eigenvalue weighted by Gasteiger charge is -2.08. The lowest BCUT2D eigenvalue weighted by atomic mass is 10.3. The van der Waals surface area contributed by atoms with E-state index >= 15 is 0 Å². The summed E-state index contributed by atoms with van der Waals surface area (Å²) in [5.74, 6) is 1.48. The van der Waals surface area contributed by atoms with Gasteiger partial charge in [-0.2, -0.15) is 0 Å². The molecular weight excluding hydrogens is 270 g/mol. The molecule has 108 valence electrons. The van der Waals surface area contributed by atoms with Crippen LogP contribution in [0.15, 0.2) is 36.9 Å². The Hall–Kier alpha value is -2.67. The van der Waals surface area contributed by atoms with Gasteiger partial charge in [0.15, 0.2) is 11.5 Å². The summed E-state index contributed by atoms with van der Waals surface area (Å²) < 4.78 is 10.5. The van der Waals surface area contributed by atoms with Crippen LogP contribution in [0.3, 0.4) is 0 Å². The van der Waals surface area contributed by atoms with Crippen LogP contribution in [0, 0.1) is 0 Å². The van der Waals surface area contributed by atoms with E-state index in [1.54, 1.807) is 13.4 Å². The Kier molecular flexibility index (Phi) is 3.92. The monoisotopic (exact) mass is 285 g/mol. The van der Waals surface area contributed by atoms with Crippen molar-refractivity contribution < 1.29 is 9.47 Å². The van der Waals surface area contributed by atoms with Crippen LogP contribution in [0.2, 0.25) is 0 Å². The number of nitrogens with zero attached hydrogens (tertiary/aromatic N) is 3. The molecule has 0 aliphatic heterocycles. The number of aromatic nitrogens is 4. The molecule has 0 saturated carbocycles. The van der Waals surface area contributed by atoms with E-state index in [0.717, 1.165) is 17.0 Å². The van der Waals surface area contributed by atoms with E-state index in [4.69, 9.17) is 9.47 Å². The molecule has 0 bridgehead atoms. The van der Waals surface area contributed by atoms with E-state index in [0.29, 0.717) is 24.7 Å². The number of aromatic amines is 1. The number of methoxy groups -OCH3 is 1. The first-order valence-electron chi connectivity index (χ1n) is 6.50. The molecule has 7 nitrogen and oxygen atoms in total. The van der Waals surface area contributed by atoms with Crippen LogP contribution in [0.5, 0.6) is 5.75 Å². The van der Waals surface area contributed by atoms with Gasteiger partial charge in [-0.05, 0) is 24.3 Å². The van der Waals surface area contributed by atoms with Gasteiger partial charge in [0, 0.05) is 12.8 Å². The van der Waals surface area contributed by atoms with Gasteiger partial charge in [0.05, 0.1) is 12.9 Å². The molecular formula is C14H15N5O2. The molecule has 3 aromatic rings. The first kappa shape index (κ1) is 13.3. The van der Waals surface area contributed by atoms with Crippen molar-refractivity contribution in [1.29, 1.82) is 0 Å². The third-order valence-electron chi connectivity index (χ3n) is 2.90. The summed E-state index contributed by atoms with van der Waals surface area (Å²) in [6, 6.07) is 7.63. The van der Waals surface area contributed by atoms with Gasteiger partial charge >= 0.3 is 0 Å². The maximum absolute atomic E-state index is 5.51. The highest BCUT2D eigenvalue weighted by atomic mass is 16.5. The van der Waals surface area contributed by atoms with E-state index in [9.17, 15) is 0 Å². The highest BCUT2D eigenvalue weighted by Crippen LogP contribution is 2.22. The Balaban J connectivity index is 1.71. The number of H-pyrrole nitrogens is 1. The van der Waals surface area contributed by atoms with Crippen LogP contribution < -0.4 is 10.1 Å². The number of nitrogens with one attached hydrogen (secondary N) is 2. The lowest BCUT2D eigenvalue weighted by Crippen LogP contribution is -2.04. The summed E-state index contributed by atoms with van der Waals surface area (Å²) in [6.07, 6.45) is 3.07. The zero-order valence-electron chi connectivity index (χ0n) is 11.5. The Morgan fingerprint density at radius 3 is 2.76 bits per heavy atom. The predicted octanol–water partition coefficient (Wildman–Crippen LogP) is 2.12. The Morgan fingerprint density at radius 1 is 1.10 bits per heavy atom. The second kappa shape index (κ2) is 6.19. The van der Waals surface area contributed by atoms with E-state index in [1.807, 2.05) is 24.3 Å². The van der Waals surface area contributed by atoms with Crippen molar-refractivity contribution in [2.45, 2.75) is 0 Å². The number of fused-ring (bicyclic) bond motifs is 1. The van der Waals surface area contributed by atoms with Crippen molar-refractivity contribution in [1.82, 2.24) is 19.9 Å². The minimum Gasteiger partial charge on any atom is -0.491 e. The van der Waals surface area contributed by atoms with Crippen LogP contribution in [0.4, 0.5) is 11.5 Å². The van der Waals surface area contributed by atoms with Crippen LogP contribution in [0.1, 0.15) is 0 Å². The van der Waals surface area contributed by atoms with Gasteiger partial charge in [-0.25, -0.2) is 15.0 Å². The summed E-state index contributed by atoms with van der Waals surface area (Å²) in [7, 11) is 1.65. The molecule has 0 atom stereocenters. The smallest absolute Gasteiger partial charge is 0.182 e. The number of hydrogen-bond donors (Lipinski definition) is 2. The fourth-order valence-electron chi connectivity index (χ4n) is 1.87. The largest absolute Gasteiger partial charge is 0.491 e. The Bertz CT molecular complexity index is 711. The zero-order chi connectivity index (χ0) is 14.5. The summed E-state index contributed by atoms with van der Waals surface area (Å²) in [4.78, 5) is 15.4. The van der Waals surface area contributed by atoms with E-state index in [1.165, 1.54) is 6.33 Å². The number of anilines is 2. The molecule has 2 N–H and O–H groups in total. The van der Waals surface area contributed by atoms with Crippen molar-refractivity contribution in [2.24, 2.45) is 0 Å². The molecule has 3 rings (SSSR count). The first-order chi connectivity index (χ1) is 10.4. The number of hydrogen-bond acceptors (Lipinski definition) is 6. The molecule has 2 heterocycles. The topological polar surface area (TPSA) is 84.9 Å². The van der Waals surface area contributed by atoms with Gasteiger partial charge in [-0.3, -0.25) is 0 Å². The molecule has 0 radical (unpaired) electrons. The fraction of sp³-hybridized carbons (Fsp3) is 0.214. The van der Waals surface area contributed by atoms with E-state index in [2.05, 4.69) is 25.3 Å². The lowest BCUT2D eigenvalue weighted by molar-refractivity contribution is 0.146. The molecule has 21 heavy (non-hydrogen) atoms. The van der Waals surface area contributed by atoms with Crippen molar-refractivity contribution in [3.63, 3.8) is 0 Å². The average molecular weight is 285 g/mol.